The molecule has 2 saturated carbocycles. The van der Waals surface area contributed by atoms with Gasteiger partial charge < -0.3 is 4.74 Å². The van der Waals surface area contributed by atoms with Crippen molar-refractivity contribution >= 4 is 23.3 Å². The van der Waals surface area contributed by atoms with E-state index >= 15 is 0 Å². The Hall–Kier alpha value is -3.02. The van der Waals surface area contributed by atoms with Crippen LogP contribution in [0.1, 0.15) is 29.6 Å². The van der Waals surface area contributed by atoms with Crippen LogP contribution in [0.4, 0.5) is 10.1 Å². The number of halogens is 1. The van der Waals surface area contributed by atoms with Gasteiger partial charge in [-0.05, 0) is 67.5 Å². The number of hydrogen-bond acceptors (Lipinski definition) is 4. The van der Waals surface area contributed by atoms with Crippen molar-refractivity contribution in [2.75, 3.05) is 11.5 Å². The molecule has 148 valence electrons. The van der Waals surface area contributed by atoms with Gasteiger partial charge in [0.15, 0.2) is 12.4 Å². The number of hydrogen-bond donors (Lipinski definition) is 0. The molecule has 0 spiro atoms. The SMILES string of the molecule is O=C(COc1ccccc1N1C(=O)[C@@H]2[C@H]3CC[C@@H](C3)[C@H]2C1=O)c1ccc(F)cc1. The summed E-state index contributed by atoms with van der Waals surface area (Å²) in [5.41, 5.74) is 0.728. The lowest BCUT2D eigenvalue weighted by molar-refractivity contribution is -0.123. The van der Waals surface area contributed by atoms with Gasteiger partial charge in [0.05, 0.1) is 17.5 Å². The Bertz CT molecular complexity index is 974. The molecular weight excluding hydrogens is 373 g/mol. The minimum absolute atomic E-state index is 0.145. The van der Waals surface area contributed by atoms with Crippen LogP contribution in [0, 0.1) is 29.5 Å². The molecular formula is C23H20FNO4. The topological polar surface area (TPSA) is 63.7 Å². The summed E-state index contributed by atoms with van der Waals surface area (Å²) in [5, 5.41) is 0. The summed E-state index contributed by atoms with van der Waals surface area (Å²) in [6.45, 7) is -0.267. The fourth-order valence-electron chi connectivity index (χ4n) is 5.27. The first-order valence-electron chi connectivity index (χ1n) is 9.93. The number of nitrogens with zero attached hydrogens (tertiary/aromatic N) is 1. The number of anilines is 1. The van der Waals surface area contributed by atoms with Crippen molar-refractivity contribution in [1.29, 1.82) is 0 Å². The van der Waals surface area contributed by atoms with Gasteiger partial charge in [0.25, 0.3) is 0 Å². The van der Waals surface area contributed by atoms with E-state index in [0.29, 0.717) is 28.8 Å². The molecule has 6 heteroatoms. The van der Waals surface area contributed by atoms with Crippen molar-refractivity contribution in [3.05, 3.63) is 59.9 Å². The number of benzene rings is 2. The molecule has 29 heavy (non-hydrogen) atoms. The number of fused-ring (bicyclic) bond motifs is 5. The predicted octanol–water partition coefficient (Wildman–Crippen LogP) is 3.62. The number of Topliss-reactive ketones (excluding diaryl/α,β-unsaturated/α-hetero) is 1. The fraction of sp³-hybridized carbons (Fsp3) is 0.348. The van der Waals surface area contributed by atoms with E-state index < -0.39 is 5.82 Å². The lowest BCUT2D eigenvalue weighted by atomic mass is 9.81. The van der Waals surface area contributed by atoms with Gasteiger partial charge >= 0.3 is 0 Å². The molecule has 3 fully saturated rings. The zero-order chi connectivity index (χ0) is 20.1. The van der Waals surface area contributed by atoms with Crippen LogP contribution in [0.3, 0.4) is 0 Å². The van der Waals surface area contributed by atoms with Crippen molar-refractivity contribution in [2.24, 2.45) is 23.7 Å². The van der Waals surface area contributed by atoms with Gasteiger partial charge in [0, 0.05) is 5.56 Å². The van der Waals surface area contributed by atoms with E-state index in [1.807, 2.05) is 0 Å². The van der Waals surface area contributed by atoms with E-state index in [1.165, 1.54) is 29.2 Å². The summed E-state index contributed by atoms with van der Waals surface area (Å²) < 4.78 is 18.7. The largest absolute Gasteiger partial charge is 0.483 e. The summed E-state index contributed by atoms with van der Waals surface area (Å²) in [4.78, 5) is 39.8. The second-order valence-corrected chi connectivity index (χ2v) is 8.08. The van der Waals surface area contributed by atoms with E-state index in [2.05, 4.69) is 0 Å². The standard InChI is InChI=1S/C23H20FNO4/c24-16-9-7-13(8-10-16)18(26)12-29-19-4-2-1-3-17(19)25-22(27)20-14-5-6-15(11-14)21(20)23(25)28/h1-4,7-10,14-15,20-21H,5-6,11-12H2/t14-,15-,20+,21+/m0/s1. The molecule has 0 N–H and O–H groups in total. The summed E-state index contributed by atoms with van der Waals surface area (Å²) in [5.74, 6) is -0.519. The summed E-state index contributed by atoms with van der Waals surface area (Å²) >= 11 is 0. The second kappa shape index (κ2) is 6.79. The minimum Gasteiger partial charge on any atom is -0.483 e. The minimum atomic E-state index is -0.418. The summed E-state index contributed by atoms with van der Waals surface area (Å²) in [6.07, 6.45) is 3.01. The maximum atomic E-state index is 13.1. The Labute approximate surface area is 167 Å². The third-order valence-electron chi connectivity index (χ3n) is 6.56. The molecule has 2 aliphatic carbocycles. The molecule has 1 heterocycles. The lowest BCUT2D eigenvalue weighted by Crippen LogP contribution is -2.33. The molecule has 0 unspecified atom stereocenters. The van der Waals surface area contributed by atoms with E-state index in [-0.39, 0.29) is 36.0 Å². The van der Waals surface area contributed by atoms with Gasteiger partial charge in [0.2, 0.25) is 11.8 Å². The number of rotatable bonds is 5. The highest BCUT2D eigenvalue weighted by Crippen LogP contribution is 2.57. The van der Waals surface area contributed by atoms with Gasteiger partial charge in [-0.1, -0.05) is 12.1 Å². The van der Waals surface area contributed by atoms with E-state index in [1.54, 1.807) is 24.3 Å². The molecule has 3 aliphatic rings. The molecule has 0 aromatic heterocycles. The molecule has 1 aliphatic heterocycles. The zero-order valence-electron chi connectivity index (χ0n) is 15.7. The Morgan fingerprint density at radius 2 is 1.59 bits per heavy atom. The Balaban J connectivity index is 1.37. The van der Waals surface area contributed by atoms with Gasteiger partial charge in [-0.3, -0.25) is 14.4 Å². The number of ketones is 1. The first-order chi connectivity index (χ1) is 14.0. The number of ether oxygens (including phenoxy) is 1. The highest BCUT2D eigenvalue weighted by atomic mass is 19.1. The number of amides is 2. The lowest BCUT2D eigenvalue weighted by Gasteiger charge is -2.20. The molecule has 0 radical (unpaired) electrons. The zero-order valence-corrected chi connectivity index (χ0v) is 15.7. The van der Waals surface area contributed by atoms with Crippen LogP contribution in [0.2, 0.25) is 0 Å². The highest BCUT2D eigenvalue weighted by Gasteiger charge is 2.61. The van der Waals surface area contributed by atoms with Crippen LogP contribution in [0.25, 0.3) is 0 Å². The molecule has 2 amide bonds. The van der Waals surface area contributed by atoms with Crippen LogP contribution >= 0.6 is 0 Å². The third kappa shape index (κ3) is 2.85. The quantitative estimate of drug-likeness (QED) is 0.575. The van der Waals surface area contributed by atoms with Crippen LogP contribution in [-0.4, -0.2) is 24.2 Å². The van der Waals surface area contributed by atoms with Gasteiger partial charge in [-0.25, -0.2) is 9.29 Å². The van der Waals surface area contributed by atoms with Crippen molar-refractivity contribution in [2.45, 2.75) is 19.3 Å². The van der Waals surface area contributed by atoms with Gasteiger partial charge in [-0.15, -0.1) is 0 Å². The van der Waals surface area contributed by atoms with Crippen molar-refractivity contribution in [3.63, 3.8) is 0 Å². The first-order valence-corrected chi connectivity index (χ1v) is 9.93. The summed E-state index contributed by atoms with van der Waals surface area (Å²) in [7, 11) is 0. The van der Waals surface area contributed by atoms with Crippen LogP contribution in [0.15, 0.2) is 48.5 Å². The number of carbonyl (C=O) groups is 3. The van der Waals surface area contributed by atoms with Crippen molar-refractivity contribution in [1.82, 2.24) is 0 Å². The fourth-order valence-corrected chi connectivity index (χ4v) is 5.27. The Kier molecular flexibility index (Phi) is 4.23. The van der Waals surface area contributed by atoms with Crippen LogP contribution in [-0.2, 0) is 9.59 Å². The van der Waals surface area contributed by atoms with Crippen molar-refractivity contribution in [3.8, 4) is 5.75 Å². The van der Waals surface area contributed by atoms with E-state index in [4.69, 9.17) is 4.74 Å². The molecule has 5 nitrogen and oxygen atoms in total. The number of para-hydroxylation sites is 2. The molecule has 4 atom stereocenters. The smallest absolute Gasteiger partial charge is 0.238 e. The number of carbonyl (C=O) groups excluding carboxylic acids is 3. The second-order valence-electron chi connectivity index (χ2n) is 8.08. The highest BCUT2D eigenvalue weighted by molar-refractivity contribution is 6.23. The average Bonchev–Trinajstić information content (AvgIpc) is 3.41. The van der Waals surface area contributed by atoms with Crippen molar-refractivity contribution < 1.29 is 23.5 Å². The van der Waals surface area contributed by atoms with Gasteiger partial charge in [0.1, 0.15) is 11.6 Å². The van der Waals surface area contributed by atoms with E-state index in [0.717, 1.165) is 19.3 Å². The van der Waals surface area contributed by atoms with Gasteiger partial charge in [-0.2, -0.15) is 0 Å². The Morgan fingerprint density at radius 3 is 2.24 bits per heavy atom. The molecule has 2 bridgehead atoms. The normalized spacial score (nSPS) is 27.4. The maximum absolute atomic E-state index is 13.1. The number of imide groups is 1. The predicted molar refractivity (Wildman–Crippen MR) is 103 cm³/mol. The summed E-state index contributed by atoms with van der Waals surface area (Å²) in [6, 6.07) is 12.0. The van der Waals surface area contributed by atoms with E-state index in [9.17, 15) is 18.8 Å². The van der Waals surface area contributed by atoms with Crippen LogP contribution in [0.5, 0.6) is 5.75 Å². The average molecular weight is 393 g/mol. The third-order valence-corrected chi connectivity index (χ3v) is 6.56. The molecule has 2 aromatic carbocycles. The van der Waals surface area contributed by atoms with Crippen LogP contribution < -0.4 is 9.64 Å². The molecule has 2 aromatic rings. The maximum Gasteiger partial charge on any atom is 0.238 e. The molecule has 1 saturated heterocycles. The monoisotopic (exact) mass is 393 g/mol. The Morgan fingerprint density at radius 1 is 0.966 bits per heavy atom. The first kappa shape index (κ1) is 18.0. The molecule has 5 rings (SSSR count).